The Morgan fingerprint density at radius 2 is 2.11 bits per heavy atom. The third-order valence-corrected chi connectivity index (χ3v) is 5.16. The van der Waals surface area contributed by atoms with Gasteiger partial charge in [0.05, 0.1) is 5.25 Å². The number of phenols is 1. The van der Waals surface area contributed by atoms with E-state index in [1.807, 2.05) is 0 Å². The first-order valence-corrected chi connectivity index (χ1v) is 8.26. The highest BCUT2D eigenvalue weighted by atomic mass is 32.2. The summed E-state index contributed by atoms with van der Waals surface area (Å²) in [6.07, 6.45) is 3.89. The molecule has 0 heterocycles. The summed E-state index contributed by atoms with van der Waals surface area (Å²) in [5.41, 5.74) is 5.93. The topological polar surface area (TPSA) is 89.6 Å². The van der Waals surface area contributed by atoms with Crippen molar-refractivity contribution in [1.29, 1.82) is 0 Å². The van der Waals surface area contributed by atoms with Crippen LogP contribution in [0.4, 0.5) is 5.69 Å². The molecule has 1 fully saturated rings. The molecular formula is C13H19NO4S. The van der Waals surface area contributed by atoms with Crippen LogP contribution in [0.5, 0.6) is 11.5 Å². The SMILES string of the molecule is CS(=O)(=O)C1CCCC(Oc2cccc(O)c2N)C1. The van der Waals surface area contributed by atoms with Gasteiger partial charge < -0.3 is 15.6 Å². The fourth-order valence-electron chi connectivity index (χ4n) is 2.41. The van der Waals surface area contributed by atoms with Crippen molar-refractivity contribution in [3.05, 3.63) is 18.2 Å². The molecule has 2 atom stereocenters. The van der Waals surface area contributed by atoms with Crippen molar-refractivity contribution in [2.75, 3.05) is 12.0 Å². The number of para-hydroxylation sites is 1. The van der Waals surface area contributed by atoms with Crippen LogP contribution in [0, 0.1) is 0 Å². The van der Waals surface area contributed by atoms with Crippen molar-refractivity contribution in [1.82, 2.24) is 0 Å². The standard InChI is InChI=1S/C13H19NO4S/c1-19(16,17)10-5-2-4-9(8-10)18-12-7-3-6-11(15)13(12)14/h3,6-7,9-10,15H,2,4-5,8,14H2,1H3. The number of phenolic OH excluding ortho intramolecular Hbond substituents is 1. The van der Waals surface area contributed by atoms with Crippen molar-refractivity contribution in [2.24, 2.45) is 0 Å². The Kier molecular flexibility index (Phi) is 3.89. The highest BCUT2D eigenvalue weighted by molar-refractivity contribution is 7.91. The molecule has 6 heteroatoms. The number of nitrogen functional groups attached to an aromatic ring is 1. The van der Waals surface area contributed by atoms with Gasteiger partial charge in [0.2, 0.25) is 0 Å². The molecular weight excluding hydrogens is 266 g/mol. The van der Waals surface area contributed by atoms with Gasteiger partial charge in [-0.15, -0.1) is 0 Å². The molecule has 0 radical (unpaired) electrons. The van der Waals surface area contributed by atoms with Gasteiger partial charge in [0.15, 0.2) is 0 Å². The Balaban J connectivity index is 2.09. The maximum atomic E-state index is 11.6. The first-order valence-electron chi connectivity index (χ1n) is 6.31. The lowest BCUT2D eigenvalue weighted by Gasteiger charge is -2.28. The van der Waals surface area contributed by atoms with Gasteiger partial charge in [-0.1, -0.05) is 6.07 Å². The van der Waals surface area contributed by atoms with Gasteiger partial charge in [0.1, 0.15) is 33.1 Å². The zero-order chi connectivity index (χ0) is 14.0. The van der Waals surface area contributed by atoms with E-state index in [9.17, 15) is 13.5 Å². The molecule has 2 rings (SSSR count). The van der Waals surface area contributed by atoms with E-state index in [2.05, 4.69) is 0 Å². The first kappa shape index (κ1) is 14.0. The lowest BCUT2D eigenvalue weighted by atomic mass is 9.97. The van der Waals surface area contributed by atoms with Crippen LogP contribution in [0.2, 0.25) is 0 Å². The summed E-state index contributed by atoms with van der Waals surface area (Å²) >= 11 is 0. The summed E-state index contributed by atoms with van der Waals surface area (Å²) in [5.74, 6) is 0.395. The van der Waals surface area contributed by atoms with E-state index in [1.165, 1.54) is 12.3 Å². The summed E-state index contributed by atoms with van der Waals surface area (Å²) in [5, 5.41) is 9.17. The Morgan fingerprint density at radius 3 is 2.79 bits per heavy atom. The number of sulfone groups is 1. The minimum atomic E-state index is -3.03. The molecule has 3 N–H and O–H groups in total. The number of ether oxygens (including phenoxy) is 1. The Labute approximate surface area is 113 Å². The average Bonchev–Trinajstić information content (AvgIpc) is 2.34. The molecule has 1 aliphatic rings. The second-order valence-corrected chi connectivity index (χ2v) is 7.37. The predicted molar refractivity (Wildman–Crippen MR) is 74.0 cm³/mol. The van der Waals surface area contributed by atoms with Gasteiger partial charge >= 0.3 is 0 Å². The monoisotopic (exact) mass is 285 g/mol. The molecule has 0 aromatic heterocycles. The Bertz CT molecular complexity index is 556. The first-order chi connectivity index (χ1) is 8.88. The van der Waals surface area contributed by atoms with Crippen LogP contribution in [0.3, 0.4) is 0 Å². The number of anilines is 1. The van der Waals surface area contributed by atoms with Gasteiger partial charge in [-0.3, -0.25) is 0 Å². The minimum absolute atomic E-state index is 0.0204. The summed E-state index contributed by atoms with van der Waals surface area (Å²) in [6.45, 7) is 0. The molecule has 106 valence electrons. The molecule has 0 bridgehead atoms. The Hall–Kier alpha value is -1.43. The molecule has 1 aromatic carbocycles. The van der Waals surface area contributed by atoms with E-state index in [0.717, 1.165) is 12.8 Å². The summed E-state index contributed by atoms with van der Waals surface area (Å²) in [4.78, 5) is 0. The van der Waals surface area contributed by atoms with E-state index in [-0.39, 0.29) is 22.8 Å². The van der Waals surface area contributed by atoms with Gasteiger partial charge in [-0.2, -0.15) is 0 Å². The van der Waals surface area contributed by atoms with Crippen molar-refractivity contribution >= 4 is 15.5 Å². The fraction of sp³-hybridized carbons (Fsp3) is 0.538. The molecule has 19 heavy (non-hydrogen) atoms. The molecule has 0 aliphatic heterocycles. The molecule has 0 amide bonds. The summed E-state index contributed by atoms with van der Waals surface area (Å²) in [6, 6.07) is 4.82. The van der Waals surface area contributed by atoms with Crippen LogP contribution < -0.4 is 10.5 Å². The van der Waals surface area contributed by atoms with E-state index < -0.39 is 9.84 Å². The average molecular weight is 285 g/mol. The highest BCUT2D eigenvalue weighted by Crippen LogP contribution is 2.34. The van der Waals surface area contributed by atoms with Gasteiger partial charge in [0, 0.05) is 12.7 Å². The van der Waals surface area contributed by atoms with Crippen LogP contribution in [-0.4, -0.2) is 31.1 Å². The van der Waals surface area contributed by atoms with Crippen molar-refractivity contribution in [3.63, 3.8) is 0 Å². The normalized spacial score (nSPS) is 24.1. The minimum Gasteiger partial charge on any atom is -0.506 e. The number of hydrogen-bond donors (Lipinski definition) is 2. The van der Waals surface area contributed by atoms with Crippen molar-refractivity contribution in [2.45, 2.75) is 37.0 Å². The van der Waals surface area contributed by atoms with Crippen LogP contribution >= 0.6 is 0 Å². The zero-order valence-electron chi connectivity index (χ0n) is 10.9. The number of aromatic hydroxyl groups is 1. The zero-order valence-corrected chi connectivity index (χ0v) is 11.7. The molecule has 2 unspecified atom stereocenters. The fourth-order valence-corrected chi connectivity index (χ4v) is 3.57. The smallest absolute Gasteiger partial charge is 0.150 e. The van der Waals surface area contributed by atoms with Crippen LogP contribution in [-0.2, 0) is 9.84 Å². The van der Waals surface area contributed by atoms with E-state index in [1.54, 1.807) is 12.1 Å². The number of rotatable bonds is 3. The van der Waals surface area contributed by atoms with E-state index in [4.69, 9.17) is 10.5 Å². The second kappa shape index (κ2) is 5.28. The predicted octanol–water partition coefficient (Wildman–Crippen LogP) is 1.71. The van der Waals surface area contributed by atoms with Gasteiger partial charge in [-0.05, 0) is 31.4 Å². The molecule has 1 aromatic rings. The lowest BCUT2D eigenvalue weighted by Crippen LogP contribution is -2.33. The third kappa shape index (κ3) is 3.32. The van der Waals surface area contributed by atoms with Crippen molar-refractivity contribution < 1.29 is 18.3 Å². The molecule has 0 saturated heterocycles. The van der Waals surface area contributed by atoms with Crippen LogP contribution in [0.1, 0.15) is 25.7 Å². The summed E-state index contributed by atoms with van der Waals surface area (Å²) in [7, 11) is -3.03. The number of benzene rings is 1. The molecule has 5 nitrogen and oxygen atoms in total. The third-order valence-electron chi connectivity index (χ3n) is 3.52. The number of nitrogens with two attached hydrogens (primary N) is 1. The Morgan fingerprint density at radius 1 is 1.37 bits per heavy atom. The van der Waals surface area contributed by atoms with Crippen LogP contribution in [0.15, 0.2) is 18.2 Å². The molecule has 1 saturated carbocycles. The number of hydrogen-bond acceptors (Lipinski definition) is 5. The lowest BCUT2D eigenvalue weighted by molar-refractivity contribution is 0.157. The second-order valence-electron chi connectivity index (χ2n) is 5.05. The van der Waals surface area contributed by atoms with Crippen LogP contribution in [0.25, 0.3) is 0 Å². The molecule has 1 aliphatic carbocycles. The molecule has 0 spiro atoms. The van der Waals surface area contributed by atoms with Gasteiger partial charge in [0.25, 0.3) is 0 Å². The van der Waals surface area contributed by atoms with E-state index >= 15 is 0 Å². The largest absolute Gasteiger partial charge is 0.506 e. The maximum absolute atomic E-state index is 11.6. The highest BCUT2D eigenvalue weighted by Gasteiger charge is 2.30. The van der Waals surface area contributed by atoms with Crippen molar-refractivity contribution in [3.8, 4) is 11.5 Å². The quantitative estimate of drug-likeness (QED) is 0.652. The summed E-state index contributed by atoms with van der Waals surface area (Å²) < 4.78 is 28.9. The maximum Gasteiger partial charge on any atom is 0.150 e. The van der Waals surface area contributed by atoms with Gasteiger partial charge in [-0.25, -0.2) is 8.42 Å². The van der Waals surface area contributed by atoms with E-state index in [0.29, 0.717) is 18.6 Å².